The quantitative estimate of drug-likeness (QED) is 0.635. The fraction of sp³-hybridized carbons (Fsp3) is 0.188. The van der Waals surface area contributed by atoms with Crippen LogP contribution in [0.15, 0.2) is 42.7 Å². The van der Waals surface area contributed by atoms with Crippen molar-refractivity contribution in [1.29, 1.82) is 0 Å². The molecule has 0 aliphatic heterocycles. The van der Waals surface area contributed by atoms with Gasteiger partial charge in [0.05, 0.1) is 24.0 Å². The van der Waals surface area contributed by atoms with Gasteiger partial charge in [0.25, 0.3) is 0 Å². The molecule has 1 aromatic carbocycles. The number of halogens is 1. The number of aromatic nitrogens is 3. The number of carbonyl (C=O) groups is 1. The number of hydrogen-bond acceptors (Lipinski definition) is 5. The van der Waals surface area contributed by atoms with E-state index in [-0.39, 0.29) is 25.9 Å². The number of aliphatic hydroxyl groups excluding tert-OH is 1. The predicted molar refractivity (Wildman–Crippen MR) is 105 cm³/mol. The van der Waals surface area contributed by atoms with Crippen LogP contribution in [0.5, 0.6) is 0 Å². The standard InChI is InChI=1S/C16H17N5O2.ClH.H2S/c1-10-3-2-4-12(5-10)21-14-6-15(18-7-11(14)8-19-21)20-16(23)13(17)9-22;;/h2-8,13,22H,9,17H2,1H3,(H,18,20,23);1H;1H2/t13-;;/m0../s1. The van der Waals surface area contributed by atoms with Crippen molar-refractivity contribution in [2.45, 2.75) is 13.0 Å². The van der Waals surface area contributed by atoms with Gasteiger partial charge in [-0.1, -0.05) is 12.1 Å². The van der Waals surface area contributed by atoms with Crippen molar-refractivity contribution in [2.75, 3.05) is 11.9 Å². The number of nitrogens with two attached hydrogens (primary N) is 1. The van der Waals surface area contributed by atoms with Crippen LogP contribution in [0.1, 0.15) is 5.56 Å². The molecule has 0 saturated carbocycles. The number of pyridine rings is 1. The molecule has 4 N–H and O–H groups in total. The lowest BCUT2D eigenvalue weighted by Crippen LogP contribution is -2.38. The Hall–Kier alpha value is -2.13. The number of rotatable bonds is 4. The van der Waals surface area contributed by atoms with E-state index in [9.17, 15) is 4.79 Å². The molecule has 0 radical (unpaired) electrons. The number of hydrogen-bond donors (Lipinski definition) is 3. The first-order valence-corrected chi connectivity index (χ1v) is 7.16. The number of aliphatic hydroxyl groups is 1. The smallest absolute Gasteiger partial charge is 0.244 e. The summed E-state index contributed by atoms with van der Waals surface area (Å²) in [5.41, 5.74) is 8.36. The van der Waals surface area contributed by atoms with Crippen molar-refractivity contribution in [3.8, 4) is 5.69 Å². The van der Waals surface area contributed by atoms with Crippen LogP contribution in [-0.2, 0) is 4.79 Å². The fourth-order valence-corrected chi connectivity index (χ4v) is 2.26. The second-order valence-corrected chi connectivity index (χ2v) is 5.30. The first kappa shape index (κ1) is 20.9. The monoisotopic (exact) mass is 381 g/mol. The first-order chi connectivity index (χ1) is 11.1. The molecule has 0 aliphatic rings. The molecule has 0 spiro atoms. The van der Waals surface area contributed by atoms with Crippen molar-refractivity contribution in [3.63, 3.8) is 0 Å². The van der Waals surface area contributed by atoms with Crippen LogP contribution in [-0.4, -0.2) is 38.4 Å². The SMILES string of the molecule is Cc1cccc(-n2ncc3cnc(NC(=O)[C@@H](N)CO)cc32)c1.Cl.S. The molecule has 0 fully saturated rings. The molecule has 2 heterocycles. The zero-order valence-electron chi connectivity index (χ0n) is 13.5. The van der Waals surface area contributed by atoms with Crippen LogP contribution < -0.4 is 11.1 Å². The normalized spacial score (nSPS) is 11.3. The minimum Gasteiger partial charge on any atom is -0.394 e. The maximum atomic E-state index is 11.8. The molecule has 0 aliphatic carbocycles. The molecule has 7 nitrogen and oxygen atoms in total. The third-order valence-electron chi connectivity index (χ3n) is 3.48. The van der Waals surface area contributed by atoms with E-state index >= 15 is 0 Å². The minimum atomic E-state index is -0.978. The molecule has 1 atom stereocenters. The first-order valence-electron chi connectivity index (χ1n) is 7.16. The molecule has 9 heteroatoms. The van der Waals surface area contributed by atoms with Gasteiger partial charge in [0.2, 0.25) is 5.91 Å². The lowest BCUT2D eigenvalue weighted by Gasteiger charge is -2.09. The number of benzene rings is 1. The highest BCUT2D eigenvalue weighted by molar-refractivity contribution is 7.59. The Morgan fingerprint density at radius 1 is 1.36 bits per heavy atom. The zero-order valence-corrected chi connectivity index (χ0v) is 15.3. The average Bonchev–Trinajstić information content (AvgIpc) is 2.97. The van der Waals surface area contributed by atoms with E-state index in [2.05, 4.69) is 15.4 Å². The highest BCUT2D eigenvalue weighted by Gasteiger charge is 2.14. The van der Waals surface area contributed by atoms with E-state index in [0.29, 0.717) is 5.82 Å². The lowest BCUT2D eigenvalue weighted by molar-refractivity contribution is -0.118. The Bertz CT molecular complexity index is 871. The van der Waals surface area contributed by atoms with Gasteiger partial charge in [-0.25, -0.2) is 9.67 Å². The summed E-state index contributed by atoms with van der Waals surface area (Å²) in [5.74, 6) is -0.123. The molecule has 25 heavy (non-hydrogen) atoms. The van der Waals surface area contributed by atoms with E-state index in [1.54, 1.807) is 23.1 Å². The maximum absolute atomic E-state index is 11.8. The summed E-state index contributed by atoms with van der Waals surface area (Å²) < 4.78 is 1.78. The van der Waals surface area contributed by atoms with Crippen LogP contribution in [0.2, 0.25) is 0 Å². The van der Waals surface area contributed by atoms with Gasteiger partial charge in [-0.2, -0.15) is 18.6 Å². The van der Waals surface area contributed by atoms with Gasteiger partial charge in [-0.15, -0.1) is 12.4 Å². The van der Waals surface area contributed by atoms with Gasteiger partial charge < -0.3 is 16.2 Å². The second kappa shape index (κ2) is 8.82. The van der Waals surface area contributed by atoms with Crippen molar-refractivity contribution in [2.24, 2.45) is 5.73 Å². The molecule has 1 amide bonds. The molecular weight excluding hydrogens is 362 g/mol. The Kier molecular flexibility index (Phi) is 7.38. The number of nitrogens with zero attached hydrogens (tertiary/aromatic N) is 3. The van der Waals surface area contributed by atoms with Gasteiger partial charge in [-0.05, 0) is 24.6 Å². The molecule has 0 unspecified atom stereocenters. The van der Waals surface area contributed by atoms with E-state index in [1.807, 2.05) is 31.2 Å². The Balaban J connectivity index is 0.00000156. The zero-order chi connectivity index (χ0) is 16.4. The van der Waals surface area contributed by atoms with Crippen LogP contribution in [0.3, 0.4) is 0 Å². The van der Waals surface area contributed by atoms with Crippen LogP contribution in [0.4, 0.5) is 5.82 Å². The van der Waals surface area contributed by atoms with Crippen LogP contribution in [0.25, 0.3) is 16.6 Å². The number of nitrogens with one attached hydrogen (secondary N) is 1. The summed E-state index contributed by atoms with van der Waals surface area (Å²) in [5, 5.41) is 16.7. The van der Waals surface area contributed by atoms with Gasteiger partial charge in [0.15, 0.2) is 0 Å². The minimum absolute atomic E-state index is 0. The van der Waals surface area contributed by atoms with Gasteiger partial charge >= 0.3 is 0 Å². The summed E-state index contributed by atoms with van der Waals surface area (Å²) in [6, 6.07) is 8.70. The van der Waals surface area contributed by atoms with E-state index < -0.39 is 18.6 Å². The van der Waals surface area contributed by atoms with Crippen molar-refractivity contribution >= 4 is 48.5 Å². The third-order valence-corrected chi connectivity index (χ3v) is 3.48. The number of fused-ring (bicyclic) bond motifs is 1. The van der Waals surface area contributed by atoms with E-state index in [1.165, 1.54) is 0 Å². The number of aryl methyl sites for hydroxylation is 1. The predicted octanol–water partition coefficient (Wildman–Crippen LogP) is 1.52. The highest BCUT2D eigenvalue weighted by atomic mass is 35.5. The summed E-state index contributed by atoms with van der Waals surface area (Å²) in [6.45, 7) is 1.59. The molecular formula is C16H20ClN5O2S. The Labute approximate surface area is 158 Å². The number of amides is 1. The van der Waals surface area contributed by atoms with Gasteiger partial charge in [0.1, 0.15) is 11.9 Å². The van der Waals surface area contributed by atoms with E-state index in [4.69, 9.17) is 10.8 Å². The topological polar surface area (TPSA) is 106 Å². The van der Waals surface area contributed by atoms with E-state index in [0.717, 1.165) is 22.2 Å². The van der Waals surface area contributed by atoms with Crippen molar-refractivity contribution < 1.29 is 9.90 Å². The van der Waals surface area contributed by atoms with Crippen molar-refractivity contribution in [1.82, 2.24) is 14.8 Å². The van der Waals surface area contributed by atoms with Crippen molar-refractivity contribution in [3.05, 3.63) is 48.3 Å². The average molecular weight is 382 g/mol. The van der Waals surface area contributed by atoms with Crippen LogP contribution in [0, 0.1) is 6.92 Å². The fourth-order valence-electron chi connectivity index (χ4n) is 2.26. The second-order valence-electron chi connectivity index (χ2n) is 5.30. The summed E-state index contributed by atoms with van der Waals surface area (Å²) in [7, 11) is 0. The van der Waals surface area contributed by atoms with Gasteiger partial charge in [-0.3, -0.25) is 4.79 Å². The number of carbonyl (C=O) groups excluding carboxylic acids is 1. The summed E-state index contributed by atoms with van der Waals surface area (Å²) in [6.07, 6.45) is 3.35. The largest absolute Gasteiger partial charge is 0.394 e. The Morgan fingerprint density at radius 2 is 2.12 bits per heavy atom. The lowest BCUT2D eigenvalue weighted by atomic mass is 10.2. The van der Waals surface area contributed by atoms with Crippen LogP contribution >= 0.6 is 25.9 Å². The molecule has 2 aromatic heterocycles. The molecule has 3 rings (SSSR count). The van der Waals surface area contributed by atoms with Gasteiger partial charge in [0, 0.05) is 17.6 Å². The maximum Gasteiger partial charge on any atom is 0.244 e. The molecule has 0 saturated heterocycles. The highest BCUT2D eigenvalue weighted by Crippen LogP contribution is 2.20. The summed E-state index contributed by atoms with van der Waals surface area (Å²) >= 11 is 0. The Morgan fingerprint density at radius 3 is 2.80 bits per heavy atom. The third kappa shape index (κ3) is 4.49. The number of anilines is 1. The summed E-state index contributed by atoms with van der Waals surface area (Å²) in [4.78, 5) is 15.9. The molecule has 0 bridgehead atoms. The molecule has 3 aromatic rings. The molecule has 134 valence electrons.